The summed E-state index contributed by atoms with van der Waals surface area (Å²) in [6.07, 6.45) is 1.33. The number of fused-ring (bicyclic) bond motifs is 1. The minimum Gasteiger partial charge on any atom is -0.326 e. The molecule has 3 aromatic rings. The average molecular weight is 425 g/mol. The maximum absolute atomic E-state index is 12.5. The normalized spacial score (nSPS) is 13.8. The fraction of sp³-hybridized carbons (Fsp3) is 0.200. The van der Waals surface area contributed by atoms with Crippen LogP contribution in [-0.2, 0) is 21.2 Å². The molecule has 0 aliphatic carbocycles. The molecule has 0 fully saturated rings. The van der Waals surface area contributed by atoms with Crippen LogP contribution in [-0.4, -0.2) is 36.9 Å². The first-order valence-electron chi connectivity index (χ1n) is 9.35. The number of hydrogen-bond donors (Lipinski definition) is 3. The van der Waals surface area contributed by atoms with Gasteiger partial charge in [0, 0.05) is 24.0 Å². The Morgan fingerprint density at radius 3 is 2.67 bits per heavy atom. The Kier molecular flexibility index (Phi) is 5.32. The number of rotatable bonds is 5. The third kappa shape index (κ3) is 4.23. The van der Waals surface area contributed by atoms with Gasteiger partial charge in [0.05, 0.1) is 22.4 Å². The van der Waals surface area contributed by atoms with Crippen molar-refractivity contribution in [3.05, 3.63) is 64.6 Å². The summed E-state index contributed by atoms with van der Waals surface area (Å²) in [5.41, 5.74) is 0.435. The van der Waals surface area contributed by atoms with Crippen molar-refractivity contribution in [2.45, 2.75) is 24.2 Å². The Balaban J connectivity index is 1.51. The molecule has 0 saturated carbocycles. The predicted octanol–water partition coefficient (Wildman–Crippen LogP) is 1.57. The highest BCUT2D eigenvalue weighted by Gasteiger charge is 2.19. The zero-order valence-electron chi connectivity index (χ0n) is 15.9. The summed E-state index contributed by atoms with van der Waals surface area (Å²) in [6.45, 7) is 0.613. The van der Waals surface area contributed by atoms with E-state index in [-0.39, 0.29) is 22.8 Å². The highest BCUT2D eigenvalue weighted by atomic mass is 32.2. The van der Waals surface area contributed by atoms with Crippen LogP contribution in [0.4, 0.5) is 5.69 Å². The predicted molar refractivity (Wildman–Crippen MR) is 113 cm³/mol. The zero-order chi connectivity index (χ0) is 21.1. The molecule has 0 atom stereocenters. The number of sulfonamides is 1. The largest absolute Gasteiger partial charge is 0.326 e. The Bertz CT molecular complexity index is 1310. The maximum Gasteiger partial charge on any atom is 0.272 e. The highest BCUT2D eigenvalue weighted by molar-refractivity contribution is 7.90. The summed E-state index contributed by atoms with van der Waals surface area (Å²) < 4.78 is 27.6. The lowest BCUT2D eigenvalue weighted by Gasteiger charge is -2.10. The van der Waals surface area contributed by atoms with E-state index in [0.717, 1.165) is 6.42 Å². The third-order valence-corrected chi connectivity index (χ3v) is 6.04. The summed E-state index contributed by atoms with van der Waals surface area (Å²) in [7, 11) is -3.78. The van der Waals surface area contributed by atoms with Gasteiger partial charge in [0.1, 0.15) is 5.84 Å². The highest BCUT2D eigenvalue weighted by Crippen LogP contribution is 2.18. The van der Waals surface area contributed by atoms with Crippen molar-refractivity contribution >= 4 is 38.2 Å². The van der Waals surface area contributed by atoms with Crippen LogP contribution in [0.15, 0.2) is 63.2 Å². The summed E-state index contributed by atoms with van der Waals surface area (Å²) in [4.78, 5) is 28.5. The minimum atomic E-state index is -3.78. The summed E-state index contributed by atoms with van der Waals surface area (Å²) >= 11 is 0. The van der Waals surface area contributed by atoms with Crippen LogP contribution in [0.25, 0.3) is 10.8 Å². The second-order valence-electron chi connectivity index (χ2n) is 6.84. The number of hydrogen-bond acceptors (Lipinski definition) is 6. The molecule has 154 valence electrons. The lowest BCUT2D eigenvalue weighted by atomic mass is 10.1. The monoisotopic (exact) mass is 425 g/mol. The second kappa shape index (κ2) is 8.07. The number of anilines is 1. The quantitative estimate of drug-likeness (QED) is 0.571. The molecule has 1 aliphatic rings. The van der Waals surface area contributed by atoms with Crippen LogP contribution in [0.5, 0.6) is 0 Å². The minimum absolute atomic E-state index is 0.0301. The Morgan fingerprint density at radius 1 is 1.10 bits per heavy atom. The number of H-pyrrole nitrogens is 1. The average Bonchev–Trinajstić information content (AvgIpc) is 3.23. The molecule has 0 unspecified atom stereocenters. The standard InChI is InChI=1S/C20H19N5O4S/c26-19(12-17-15-7-1-2-8-16(15)20(27)24-23-17)22-13-5-3-6-14(11-13)30(28,29)25-18-9-4-10-21-18/h1-3,5-8,11H,4,9-10,12H2,(H,21,25)(H,22,26)(H,24,27). The van der Waals surface area contributed by atoms with Gasteiger partial charge in [-0.1, -0.05) is 24.3 Å². The smallest absolute Gasteiger partial charge is 0.272 e. The molecule has 1 aliphatic heterocycles. The number of benzene rings is 2. The molecule has 0 spiro atoms. The number of aliphatic imine (C=N–C) groups is 1. The number of carbonyl (C=O) groups excluding carboxylic acids is 1. The van der Waals surface area contributed by atoms with E-state index in [1.165, 1.54) is 12.1 Å². The summed E-state index contributed by atoms with van der Waals surface area (Å²) in [5, 5.41) is 10.1. The van der Waals surface area contributed by atoms with Crippen LogP contribution < -0.4 is 15.6 Å². The van der Waals surface area contributed by atoms with Crippen molar-refractivity contribution in [3.63, 3.8) is 0 Å². The zero-order valence-corrected chi connectivity index (χ0v) is 16.7. The molecule has 2 heterocycles. The molecule has 30 heavy (non-hydrogen) atoms. The maximum atomic E-state index is 12.5. The molecular formula is C20H19N5O4S. The molecule has 2 aromatic carbocycles. The van der Waals surface area contributed by atoms with Crippen molar-refractivity contribution in [2.75, 3.05) is 11.9 Å². The van der Waals surface area contributed by atoms with E-state index in [4.69, 9.17) is 0 Å². The number of aromatic nitrogens is 2. The van der Waals surface area contributed by atoms with Gasteiger partial charge in [-0.25, -0.2) is 13.5 Å². The van der Waals surface area contributed by atoms with Gasteiger partial charge in [0.25, 0.3) is 15.6 Å². The fourth-order valence-electron chi connectivity index (χ4n) is 3.24. The second-order valence-corrected chi connectivity index (χ2v) is 8.52. The van der Waals surface area contributed by atoms with Crippen molar-refractivity contribution in [2.24, 2.45) is 4.99 Å². The van der Waals surface area contributed by atoms with E-state index in [1.807, 2.05) is 0 Å². The van der Waals surface area contributed by atoms with E-state index in [9.17, 15) is 18.0 Å². The van der Waals surface area contributed by atoms with E-state index in [0.29, 0.717) is 41.0 Å². The van der Waals surface area contributed by atoms with Gasteiger partial charge in [-0.3, -0.25) is 19.3 Å². The fourth-order valence-corrected chi connectivity index (χ4v) is 4.38. The molecule has 3 N–H and O–H groups in total. The first-order valence-corrected chi connectivity index (χ1v) is 10.8. The van der Waals surface area contributed by atoms with Gasteiger partial charge in [0.15, 0.2) is 0 Å². The third-order valence-electron chi connectivity index (χ3n) is 4.66. The van der Waals surface area contributed by atoms with Crippen molar-refractivity contribution in [1.82, 2.24) is 14.9 Å². The van der Waals surface area contributed by atoms with Gasteiger partial charge in [-0.2, -0.15) is 5.10 Å². The van der Waals surface area contributed by atoms with Crippen molar-refractivity contribution in [1.29, 1.82) is 0 Å². The van der Waals surface area contributed by atoms with Gasteiger partial charge in [0.2, 0.25) is 5.91 Å². The van der Waals surface area contributed by atoms with E-state index in [2.05, 4.69) is 25.2 Å². The van der Waals surface area contributed by atoms with E-state index >= 15 is 0 Å². The van der Waals surface area contributed by atoms with E-state index in [1.54, 1.807) is 36.4 Å². The number of carbonyl (C=O) groups is 1. The number of nitrogens with zero attached hydrogens (tertiary/aromatic N) is 2. The topological polar surface area (TPSA) is 133 Å². The molecule has 0 saturated heterocycles. The van der Waals surface area contributed by atoms with Crippen LogP contribution >= 0.6 is 0 Å². The number of amidine groups is 1. The van der Waals surface area contributed by atoms with Gasteiger partial charge in [-0.15, -0.1) is 0 Å². The Labute approximate surface area is 172 Å². The van der Waals surface area contributed by atoms with Gasteiger partial charge < -0.3 is 5.32 Å². The van der Waals surface area contributed by atoms with Crippen LogP contribution in [0, 0.1) is 0 Å². The molecule has 0 radical (unpaired) electrons. The number of amides is 1. The summed E-state index contributed by atoms with van der Waals surface area (Å²) in [6, 6.07) is 12.9. The van der Waals surface area contributed by atoms with Crippen LogP contribution in [0.1, 0.15) is 18.5 Å². The molecule has 4 rings (SSSR count). The SMILES string of the molecule is O=C(Cc1n[nH]c(=O)c2ccccc12)Nc1cccc(S(=O)(=O)NC2=NCCC2)c1. The van der Waals surface area contributed by atoms with E-state index < -0.39 is 10.0 Å². The molecular weight excluding hydrogens is 406 g/mol. The summed E-state index contributed by atoms with van der Waals surface area (Å²) in [5.74, 6) is 0.0582. The Morgan fingerprint density at radius 2 is 1.90 bits per heavy atom. The first kappa shape index (κ1) is 19.8. The van der Waals surface area contributed by atoms with Gasteiger partial charge >= 0.3 is 0 Å². The van der Waals surface area contributed by atoms with Crippen molar-refractivity contribution in [3.8, 4) is 0 Å². The molecule has 9 nitrogen and oxygen atoms in total. The van der Waals surface area contributed by atoms with Crippen LogP contribution in [0.2, 0.25) is 0 Å². The number of nitrogens with one attached hydrogen (secondary N) is 3. The number of aromatic amines is 1. The lowest BCUT2D eigenvalue weighted by molar-refractivity contribution is -0.115. The Hall–Kier alpha value is -3.53. The molecule has 1 aromatic heterocycles. The van der Waals surface area contributed by atoms with Crippen molar-refractivity contribution < 1.29 is 13.2 Å². The van der Waals surface area contributed by atoms with Crippen LogP contribution in [0.3, 0.4) is 0 Å². The lowest BCUT2D eigenvalue weighted by Crippen LogP contribution is -2.29. The molecule has 10 heteroatoms. The molecule has 1 amide bonds. The first-order chi connectivity index (χ1) is 14.4. The molecule has 0 bridgehead atoms. The van der Waals surface area contributed by atoms with Gasteiger partial charge in [-0.05, 0) is 30.7 Å².